The van der Waals surface area contributed by atoms with Crippen molar-refractivity contribution in [2.75, 3.05) is 13.1 Å². The molecule has 1 aromatic carbocycles. The Hall–Kier alpha value is -1.88. The van der Waals surface area contributed by atoms with E-state index in [-0.39, 0.29) is 30.8 Å². The first-order valence-electron chi connectivity index (χ1n) is 6.90. The van der Waals surface area contributed by atoms with Crippen LogP contribution in [0.5, 0.6) is 0 Å². The lowest BCUT2D eigenvalue weighted by molar-refractivity contribution is -0.140. The summed E-state index contributed by atoms with van der Waals surface area (Å²) in [6, 6.07) is 9.23. The molecule has 1 amide bonds. The Morgan fingerprint density at radius 1 is 1.35 bits per heavy atom. The minimum atomic E-state index is -0.862. The van der Waals surface area contributed by atoms with Crippen molar-refractivity contribution in [1.82, 2.24) is 4.90 Å². The predicted octanol–water partition coefficient (Wildman–Crippen LogP) is 1.19. The van der Waals surface area contributed by atoms with Gasteiger partial charge in [0, 0.05) is 19.1 Å². The molecule has 2 unspecified atom stereocenters. The van der Waals surface area contributed by atoms with E-state index < -0.39 is 5.97 Å². The summed E-state index contributed by atoms with van der Waals surface area (Å²) in [7, 11) is 0. The third-order valence-electron chi connectivity index (χ3n) is 3.81. The number of nitrogens with zero attached hydrogens (tertiary/aromatic N) is 1. The Kier molecular flexibility index (Phi) is 4.74. The van der Waals surface area contributed by atoms with Gasteiger partial charge in [-0.15, -0.1) is 0 Å². The van der Waals surface area contributed by atoms with Crippen molar-refractivity contribution in [2.45, 2.75) is 31.2 Å². The smallest absolute Gasteiger partial charge is 0.305 e. The molecule has 0 aromatic heterocycles. The molecule has 1 aliphatic rings. The van der Waals surface area contributed by atoms with E-state index in [1.54, 1.807) is 4.90 Å². The van der Waals surface area contributed by atoms with Gasteiger partial charge in [0.05, 0.1) is 12.3 Å². The van der Waals surface area contributed by atoms with E-state index in [1.165, 1.54) is 0 Å². The quantitative estimate of drug-likeness (QED) is 0.846. The molecule has 1 aliphatic heterocycles. The van der Waals surface area contributed by atoms with Gasteiger partial charge in [-0.3, -0.25) is 9.59 Å². The maximum Gasteiger partial charge on any atom is 0.305 e. The molecule has 0 saturated carbocycles. The van der Waals surface area contributed by atoms with Gasteiger partial charge < -0.3 is 15.7 Å². The normalized spacial score (nSPS) is 19.9. The Morgan fingerprint density at radius 2 is 2.05 bits per heavy atom. The SMILES string of the molecule is NCC(C(=O)N1CCCC1CC(=O)O)c1ccccc1. The number of hydrogen-bond acceptors (Lipinski definition) is 3. The largest absolute Gasteiger partial charge is 0.481 e. The summed E-state index contributed by atoms with van der Waals surface area (Å²) in [4.78, 5) is 25.2. The van der Waals surface area contributed by atoms with Crippen molar-refractivity contribution in [1.29, 1.82) is 0 Å². The van der Waals surface area contributed by atoms with Crippen molar-refractivity contribution >= 4 is 11.9 Å². The van der Waals surface area contributed by atoms with Crippen LogP contribution < -0.4 is 5.73 Å². The van der Waals surface area contributed by atoms with Gasteiger partial charge >= 0.3 is 5.97 Å². The lowest BCUT2D eigenvalue weighted by Gasteiger charge is -2.27. The van der Waals surface area contributed by atoms with Crippen LogP contribution in [0.4, 0.5) is 0 Å². The number of nitrogens with two attached hydrogens (primary N) is 1. The van der Waals surface area contributed by atoms with Crippen LogP contribution >= 0.6 is 0 Å². The predicted molar refractivity (Wildman–Crippen MR) is 75.2 cm³/mol. The summed E-state index contributed by atoms with van der Waals surface area (Å²) in [5.41, 5.74) is 6.65. The van der Waals surface area contributed by atoms with Crippen molar-refractivity contribution in [3.63, 3.8) is 0 Å². The Labute approximate surface area is 118 Å². The number of amides is 1. The highest BCUT2D eigenvalue weighted by Crippen LogP contribution is 2.26. The second-order valence-corrected chi connectivity index (χ2v) is 5.12. The summed E-state index contributed by atoms with van der Waals surface area (Å²) in [6.45, 7) is 0.860. The molecule has 0 radical (unpaired) electrons. The van der Waals surface area contributed by atoms with Crippen LogP contribution in [0.2, 0.25) is 0 Å². The van der Waals surface area contributed by atoms with Gasteiger partial charge in [0.15, 0.2) is 0 Å². The fourth-order valence-electron chi connectivity index (χ4n) is 2.80. The lowest BCUT2D eigenvalue weighted by Crippen LogP contribution is -2.41. The maximum atomic E-state index is 12.6. The third-order valence-corrected chi connectivity index (χ3v) is 3.81. The second-order valence-electron chi connectivity index (χ2n) is 5.12. The van der Waals surface area contributed by atoms with E-state index in [0.717, 1.165) is 18.4 Å². The Bertz CT molecular complexity index is 475. The van der Waals surface area contributed by atoms with E-state index in [4.69, 9.17) is 10.8 Å². The molecule has 1 aromatic rings. The number of aliphatic carboxylic acids is 1. The Morgan fingerprint density at radius 3 is 2.65 bits per heavy atom. The van der Waals surface area contributed by atoms with Gasteiger partial charge in [0.2, 0.25) is 5.91 Å². The fourth-order valence-corrected chi connectivity index (χ4v) is 2.80. The van der Waals surface area contributed by atoms with Crippen molar-refractivity contribution in [3.8, 4) is 0 Å². The molecule has 5 heteroatoms. The van der Waals surface area contributed by atoms with E-state index >= 15 is 0 Å². The zero-order valence-electron chi connectivity index (χ0n) is 11.4. The zero-order chi connectivity index (χ0) is 14.5. The summed E-state index contributed by atoms with van der Waals surface area (Å²) >= 11 is 0. The molecule has 20 heavy (non-hydrogen) atoms. The molecule has 1 heterocycles. The number of carbonyl (C=O) groups excluding carboxylic acids is 1. The van der Waals surface area contributed by atoms with E-state index in [1.807, 2.05) is 30.3 Å². The molecular formula is C15H20N2O3. The van der Waals surface area contributed by atoms with Crippen LogP contribution in [-0.2, 0) is 9.59 Å². The highest BCUT2D eigenvalue weighted by molar-refractivity contribution is 5.85. The van der Waals surface area contributed by atoms with Gasteiger partial charge in [-0.2, -0.15) is 0 Å². The van der Waals surface area contributed by atoms with Crippen LogP contribution in [-0.4, -0.2) is 41.0 Å². The summed E-state index contributed by atoms with van der Waals surface area (Å²) in [5.74, 6) is -1.30. The monoisotopic (exact) mass is 276 g/mol. The number of hydrogen-bond donors (Lipinski definition) is 2. The molecule has 2 atom stereocenters. The molecule has 0 spiro atoms. The fraction of sp³-hybridized carbons (Fsp3) is 0.467. The first-order valence-corrected chi connectivity index (χ1v) is 6.90. The molecule has 108 valence electrons. The average Bonchev–Trinajstić information content (AvgIpc) is 2.88. The van der Waals surface area contributed by atoms with E-state index in [0.29, 0.717) is 6.54 Å². The lowest BCUT2D eigenvalue weighted by atomic mass is 9.97. The van der Waals surface area contributed by atoms with Gasteiger partial charge in [-0.25, -0.2) is 0 Å². The van der Waals surface area contributed by atoms with Crippen molar-refractivity contribution < 1.29 is 14.7 Å². The molecule has 5 nitrogen and oxygen atoms in total. The van der Waals surface area contributed by atoms with E-state index in [9.17, 15) is 9.59 Å². The topological polar surface area (TPSA) is 83.6 Å². The standard InChI is InChI=1S/C15H20N2O3/c16-10-13(11-5-2-1-3-6-11)15(20)17-8-4-7-12(17)9-14(18)19/h1-3,5-6,12-13H,4,7-10,16H2,(H,18,19). The number of carboxylic acids is 1. The van der Waals surface area contributed by atoms with Gasteiger partial charge in [0.25, 0.3) is 0 Å². The molecular weight excluding hydrogens is 256 g/mol. The minimum absolute atomic E-state index is 0.0117. The first-order chi connectivity index (χ1) is 9.63. The number of benzene rings is 1. The first kappa shape index (κ1) is 14.5. The molecule has 2 rings (SSSR count). The zero-order valence-corrected chi connectivity index (χ0v) is 11.4. The molecule has 0 aliphatic carbocycles. The van der Waals surface area contributed by atoms with Gasteiger partial charge in [-0.05, 0) is 18.4 Å². The van der Waals surface area contributed by atoms with Crippen LogP contribution in [0.3, 0.4) is 0 Å². The van der Waals surface area contributed by atoms with Crippen molar-refractivity contribution in [3.05, 3.63) is 35.9 Å². The average molecular weight is 276 g/mol. The molecule has 0 bridgehead atoms. The van der Waals surface area contributed by atoms with Gasteiger partial charge in [0.1, 0.15) is 0 Å². The summed E-state index contributed by atoms with van der Waals surface area (Å²) in [6.07, 6.45) is 1.62. The molecule has 1 saturated heterocycles. The summed E-state index contributed by atoms with van der Waals surface area (Å²) in [5, 5.41) is 8.92. The molecule has 1 fully saturated rings. The number of likely N-dealkylation sites (tertiary alicyclic amines) is 1. The highest BCUT2D eigenvalue weighted by Gasteiger charge is 2.34. The Balaban J connectivity index is 2.14. The number of rotatable bonds is 5. The summed E-state index contributed by atoms with van der Waals surface area (Å²) < 4.78 is 0. The van der Waals surface area contributed by atoms with Crippen LogP contribution in [0.15, 0.2) is 30.3 Å². The maximum absolute atomic E-state index is 12.6. The van der Waals surface area contributed by atoms with Crippen LogP contribution in [0.1, 0.15) is 30.7 Å². The number of carbonyl (C=O) groups is 2. The van der Waals surface area contributed by atoms with Crippen molar-refractivity contribution in [2.24, 2.45) is 5.73 Å². The molecule has 3 N–H and O–H groups in total. The number of carboxylic acid groups (broad SMARTS) is 1. The van der Waals surface area contributed by atoms with E-state index in [2.05, 4.69) is 0 Å². The van der Waals surface area contributed by atoms with Crippen LogP contribution in [0, 0.1) is 0 Å². The minimum Gasteiger partial charge on any atom is -0.481 e. The third kappa shape index (κ3) is 3.17. The second kappa shape index (κ2) is 6.52. The highest BCUT2D eigenvalue weighted by atomic mass is 16.4. The van der Waals surface area contributed by atoms with Gasteiger partial charge in [-0.1, -0.05) is 30.3 Å². The van der Waals surface area contributed by atoms with Crippen LogP contribution in [0.25, 0.3) is 0 Å².